The molecular weight excluding hydrogens is 322 g/mol. The van der Waals surface area contributed by atoms with Gasteiger partial charge in [-0.1, -0.05) is 44.0 Å². The molecule has 4 nitrogen and oxygen atoms in total. The Labute approximate surface area is 144 Å². The van der Waals surface area contributed by atoms with Crippen molar-refractivity contribution in [2.45, 2.75) is 44.0 Å². The normalized spacial score (nSPS) is 14.1. The standard InChI is InChI=1S/C19H23NO3S/c1-5-14-23-17-12-13-18(16-11-9-8-10-15(16)17)24(21,22)20-19(4,6-2)7-3/h2,8-13,20H,5,7,14H2,1,3-4H3/t19-/m0/s1. The van der Waals surface area contributed by atoms with Gasteiger partial charge in [-0.2, -0.15) is 4.72 Å². The molecule has 0 aromatic heterocycles. The van der Waals surface area contributed by atoms with E-state index in [1.54, 1.807) is 25.1 Å². The van der Waals surface area contributed by atoms with Crippen LogP contribution in [0.2, 0.25) is 0 Å². The van der Waals surface area contributed by atoms with Crippen molar-refractivity contribution in [3.8, 4) is 18.1 Å². The summed E-state index contributed by atoms with van der Waals surface area (Å²) in [6.07, 6.45) is 6.88. The van der Waals surface area contributed by atoms with Gasteiger partial charge in [0.15, 0.2) is 0 Å². The smallest absolute Gasteiger partial charge is 0.242 e. The van der Waals surface area contributed by atoms with Crippen LogP contribution in [0, 0.1) is 12.3 Å². The molecular formula is C19H23NO3S. The van der Waals surface area contributed by atoms with Crippen LogP contribution >= 0.6 is 0 Å². The third-order valence-electron chi connectivity index (χ3n) is 3.98. The Hall–Kier alpha value is -2.03. The topological polar surface area (TPSA) is 55.4 Å². The summed E-state index contributed by atoms with van der Waals surface area (Å²) >= 11 is 0. The molecule has 0 aliphatic carbocycles. The van der Waals surface area contributed by atoms with Gasteiger partial charge in [-0.15, -0.1) is 6.42 Å². The van der Waals surface area contributed by atoms with Gasteiger partial charge in [0.1, 0.15) is 5.75 Å². The molecule has 0 fully saturated rings. The Balaban J connectivity index is 2.56. The second-order valence-electron chi connectivity index (χ2n) is 5.89. The summed E-state index contributed by atoms with van der Waals surface area (Å²) in [5.74, 6) is 3.21. The van der Waals surface area contributed by atoms with Crippen LogP contribution in [0.1, 0.15) is 33.6 Å². The van der Waals surface area contributed by atoms with Crippen molar-refractivity contribution >= 4 is 20.8 Å². The van der Waals surface area contributed by atoms with E-state index in [2.05, 4.69) is 10.6 Å². The largest absolute Gasteiger partial charge is 0.493 e. The first kappa shape index (κ1) is 18.3. The maximum atomic E-state index is 12.9. The first-order chi connectivity index (χ1) is 11.4. The van der Waals surface area contributed by atoms with E-state index >= 15 is 0 Å². The van der Waals surface area contributed by atoms with Crippen LogP contribution in [0.4, 0.5) is 0 Å². The number of ether oxygens (including phenoxy) is 1. The van der Waals surface area contributed by atoms with Crippen molar-refractivity contribution in [1.82, 2.24) is 4.72 Å². The number of benzene rings is 2. The lowest BCUT2D eigenvalue weighted by Crippen LogP contribution is -2.44. The molecule has 0 saturated carbocycles. The van der Waals surface area contributed by atoms with Crippen molar-refractivity contribution < 1.29 is 13.2 Å². The first-order valence-electron chi connectivity index (χ1n) is 8.03. The zero-order chi connectivity index (χ0) is 17.8. The van der Waals surface area contributed by atoms with Gasteiger partial charge in [0, 0.05) is 10.8 Å². The van der Waals surface area contributed by atoms with E-state index in [9.17, 15) is 8.42 Å². The lowest BCUT2D eigenvalue weighted by atomic mass is 10.0. The highest BCUT2D eigenvalue weighted by Gasteiger charge is 2.28. The Morgan fingerprint density at radius 1 is 1.17 bits per heavy atom. The molecule has 0 spiro atoms. The maximum Gasteiger partial charge on any atom is 0.242 e. The highest BCUT2D eigenvalue weighted by molar-refractivity contribution is 7.89. The zero-order valence-electron chi connectivity index (χ0n) is 14.3. The third kappa shape index (κ3) is 3.72. The van der Waals surface area contributed by atoms with Crippen molar-refractivity contribution in [1.29, 1.82) is 0 Å². The van der Waals surface area contributed by atoms with Crippen LogP contribution < -0.4 is 9.46 Å². The van der Waals surface area contributed by atoms with Crippen LogP contribution in [-0.2, 0) is 10.0 Å². The van der Waals surface area contributed by atoms with Gasteiger partial charge in [-0.25, -0.2) is 8.42 Å². The number of rotatable bonds is 7. The van der Waals surface area contributed by atoms with Gasteiger partial charge < -0.3 is 4.74 Å². The zero-order valence-corrected chi connectivity index (χ0v) is 15.1. The average molecular weight is 345 g/mol. The average Bonchev–Trinajstić information content (AvgIpc) is 2.59. The second-order valence-corrected chi connectivity index (χ2v) is 7.54. The molecule has 0 aliphatic heterocycles. The van der Waals surface area contributed by atoms with Gasteiger partial charge in [0.25, 0.3) is 0 Å². The molecule has 0 bridgehead atoms. The number of fused-ring (bicyclic) bond motifs is 1. The molecule has 2 rings (SSSR count). The van der Waals surface area contributed by atoms with E-state index in [-0.39, 0.29) is 4.90 Å². The van der Waals surface area contributed by atoms with E-state index in [0.29, 0.717) is 24.2 Å². The molecule has 0 unspecified atom stereocenters. The molecule has 0 saturated heterocycles. The number of hydrogen-bond donors (Lipinski definition) is 1. The predicted octanol–water partition coefficient (Wildman–Crippen LogP) is 3.71. The van der Waals surface area contributed by atoms with E-state index < -0.39 is 15.6 Å². The van der Waals surface area contributed by atoms with E-state index in [0.717, 1.165) is 11.8 Å². The van der Waals surface area contributed by atoms with Crippen LogP contribution in [-0.4, -0.2) is 20.6 Å². The molecule has 0 heterocycles. The molecule has 0 amide bonds. The Morgan fingerprint density at radius 3 is 2.42 bits per heavy atom. The monoisotopic (exact) mass is 345 g/mol. The maximum absolute atomic E-state index is 12.9. The summed E-state index contributed by atoms with van der Waals surface area (Å²) in [7, 11) is -3.75. The summed E-state index contributed by atoms with van der Waals surface area (Å²) in [6, 6.07) is 10.6. The summed E-state index contributed by atoms with van der Waals surface area (Å²) in [4.78, 5) is 0.205. The minimum Gasteiger partial charge on any atom is -0.493 e. The SMILES string of the molecule is C#C[C@@](C)(CC)NS(=O)(=O)c1ccc(OCCC)c2ccccc12. The lowest BCUT2D eigenvalue weighted by Gasteiger charge is -2.23. The predicted molar refractivity (Wildman–Crippen MR) is 97.6 cm³/mol. The molecule has 128 valence electrons. The van der Waals surface area contributed by atoms with E-state index in [4.69, 9.17) is 11.2 Å². The minimum atomic E-state index is -3.75. The van der Waals surface area contributed by atoms with Crippen molar-refractivity contribution in [2.24, 2.45) is 0 Å². The summed E-state index contributed by atoms with van der Waals surface area (Å²) < 4.78 is 34.1. The first-order valence-corrected chi connectivity index (χ1v) is 9.51. The Bertz CT molecular complexity index is 868. The van der Waals surface area contributed by atoms with Crippen LogP contribution in [0.25, 0.3) is 10.8 Å². The summed E-state index contributed by atoms with van der Waals surface area (Å²) in [6.45, 7) is 6.16. The molecule has 24 heavy (non-hydrogen) atoms. The van der Waals surface area contributed by atoms with Gasteiger partial charge in [0.2, 0.25) is 10.0 Å². The number of terminal acetylenes is 1. The lowest BCUT2D eigenvalue weighted by molar-refractivity contribution is 0.321. The fraction of sp³-hybridized carbons (Fsp3) is 0.368. The number of sulfonamides is 1. The quantitative estimate of drug-likeness (QED) is 0.778. The summed E-state index contributed by atoms with van der Waals surface area (Å²) in [5, 5.41) is 1.39. The summed E-state index contributed by atoms with van der Waals surface area (Å²) in [5.41, 5.74) is -0.919. The van der Waals surface area contributed by atoms with Crippen molar-refractivity contribution in [3.05, 3.63) is 36.4 Å². The Morgan fingerprint density at radius 2 is 1.83 bits per heavy atom. The van der Waals surface area contributed by atoms with Gasteiger partial charge in [-0.05, 0) is 31.9 Å². The van der Waals surface area contributed by atoms with Crippen LogP contribution in [0.5, 0.6) is 5.75 Å². The molecule has 2 aromatic carbocycles. The molecule has 5 heteroatoms. The molecule has 1 N–H and O–H groups in total. The highest BCUT2D eigenvalue weighted by atomic mass is 32.2. The van der Waals surface area contributed by atoms with Gasteiger partial charge in [-0.3, -0.25) is 0 Å². The number of nitrogens with one attached hydrogen (secondary N) is 1. The van der Waals surface area contributed by atoms with Crippen LogP contribution in [0.15, 0.2) is 41.3 Å². The molecule has 0 radical (unpaired) electrons. The van der Waals surface area contributed by atoms with Gasteiger partial charge >= 0.3 is 0 Å². The van der Waals surface area contributed by atoms with Crippen LogP contribution in [0.3, 0.4) is 0 Å². The highest BCUT2D eigenvalue weighted by Crippen LogP contribution is 2.31. The van der Waals surface area contributed by atoms with E-state index in [1.165, 1.54) is 0 Å². The fourth-order valence-corrected chi connectivity index (χ4v) is 3.99. The van der Waals surface area contributed by atoms with Crippen molar-refractivity contribution in [3.63, 3.8) is 0 Å². The second kappa shape index (κ2) is 7.25. The van der Waals surface area contributed by atoms with E-state index in [1.807, 2.05) is 32.0 Å². The Kier molecular flexibility index (Phi) is 5.53. The fourth-order valence-electron chi connectivity index (χ4n) is 2.37. The number of hydrogen-bond acceptors (Lipinski definition) is 3. The molecule has 1 atom stereocenters. The van der Waals surface area contributed by atoms with Gasteiger partial charge in [0.05, 0.1) is 17.0 Å². The molecule has 2 aromatic rings. The minimum absolute atomic E-state index is 0.205. The van der Waals surface area contributed by atoms with Crippen molar-refractivity contribution in [2.75, 3.05) is 6.61 Å². The molecule has 0 aliphatic rings. The third-order valence-corrected chi connectivity index (χ3v) is 5.63.